The predicted molar refractivity (Wildman–Crippen MR) is 82.4 cm³/mol. The van der Waals surface area contributed by atoms with E-state index in [0.717, 1.165) is 12.2 Å². The fourth-order valence-electron chi connectivity index (χ4n) is 2.45. The number of para-hydroxylation sites is 1. The number of fused-ring (bicyclic) bond motifs is 1. The number of hydrogen-bond donors (Lipinski definition) is 3. The van der Waals surface area contributed by atoms with Crippen molar-refractivity contribution in [3.8, 4) is 5.75 Å². The molecule has 1 aliphatic rings. The first kappa shape index (κ1) is 13.3. The Morgan fingerprint density at radius 1 is 1.29 bits per heavy atom. The van der Waals surface area contributed by atoms with E-state index in [9.17, 15) is 4.79 Å². The minimum Gasteiger partial charge on any atom is -0.488 e. The predicted octanol–water partition coefficient (Wildman–Crippen LogP) is 1.78. The van der Waals surface area contributed by atoms with Crippen LogP contribution in [0.4, 0.5) is 11.4 Å². The Labute approximate surface area is 122 Å². The van der Waals surface area contributed by atoms with Gasteiger partial charge in [-0.25, -0.2) is 0 Å². The lowest BCUT2D eigenvalue weighted by Gasteiger charge is -2.15. The molecule has 0 aromatic heterocycles. The number of benzene rings is 2. The molecule has 5 heteroatoms. The van der Waals surface area contributed by atoms with Crippen LogP contribution in [0.15, 0.2) is 42.5 Å². The average Bonchev–Trinajstić information content (AvgIpc) is 2.89. The maximum atomic E-state index is 11.2. The van der Waals surface area contributed by atoms with Gasteiger partial charge in [0, 0.05) is 12.0 Å². The molecule has 1 amide bonds. The van der Waals surface area contributed by atoms with Crippen LogP contribution in [0.5, 0.6) is 5.75 Å². The van der Waals surface area contributed by atoms with Crippen LogP contribution in [-0.4, -0.2) is 18.6 Å². The van der Waals surface area contributed by atoms with Crippen LogP contribution in [-0.2, 0) is 6.42 Å². The minimum absolute atomic E-state index is 0.0547. The highest BCUT2D eigenvalue weighted by Gasteiger charge is 2.22. The second-order valence-corrected chi connectivity index (χ2v) is 5.10. The van der Waals surface area contributed by atoms with E-state index < -0.39 is 5.91 Å². The summed E-state index contributed by atoms with van der Waals surface area (Å²) >= 11 is 0. The van der Waals surface area contributed by atoms with E-state index in [2.05, 4.69) is 11.4 Å². The molecule has 3 rings (SSSR count). The topological polar surface area (TPSA) is 90.4 Å². The summed E-state index contributed by atoms with van der Waals surface area (Å²) in [6.45, 7) is 0.612. The highest BCUT2D eigenvalue weighted by molar-refractivity contribution is 5.94. The van der Waals surface area contributed by atoms with Crippen molar-refractivity contribution in [3.05, 3.63) is 53.6 Å². The first-order valence-electron chi connectivity index (χ1n) is 6.81. The van der Waals surface area contributed by atoms with E-state index >= 15 is 0 Å². The normalized spacial score (nSPS) is 16.1. The van der Waals surface area contributed by atoms with E-state index in [1.165, 1.54) is 5.56 Å². The van der Waals surface area contributed by atoms with Gasteiger partial charge in [-0.15, -0.1) is 0 Å². The zero-order valence-electron chi connectivity index (χ0n) is 11.5. The molecule has 1 unspecified atom stereocenters. The van der Waals surface area contributed by atoms with Crippen molar-refractivity contribution in [1.29, 1.82) is 0 Å². The van der Waals surface area contributed by atoms with E-state index in [1.54, 1.807) is 18.2 Å². The molecule has 5 nitrogen and oxygen atoms in total. The molecule has 1 atom stereocenters. The Kier molecular flexibility index (Phi) is 3.39. The van der Waals surface area contributed by atoms with Gasteiger partial charge in [0.15, 0.2) is 0 Å². The number of nitrogens with two attached hydrogens (primary N) is 2. The van der Waals surface area contributed by atoms with Crippen LogP contribution in [0.2, 0.25) is 0 Å². The molecule has 0 aliphatic carbocycles. The van der Waals surface area contributed by atoms with Crippen molar-refractivity contribution >= 4 is 17.3 Å². The van der Waals surface area contributed by atoms with Crippen LogP contribution in [0, 0.1) is 0 Å². The SMILES string of the molecule is NC(=O)c1ccc(N)c(NCC2Cc3ccccc3O2)c1. The highest BCUT2D eigenvalue weighted by atomic mass is 16.5. The number of hydrogen-bond acceptors (Lipinski definition) is 4. The molecule has 1 heterocycles. The van der Waals surface area contributed by atoms with E-state index in [1.807, 2.05) is 18.2 Å². The fourth-order valence-corrected chi connectivity index (χ4v) is 2.45. The van der Waals surface area contributed by atoms with Crippen LogP contribution < -0.4 is 21.5 Å². The van der Waals surface area contributed by atoms with Gasteiger partial charge >= 0.3 is 0 Å². The smallest absolute Gasteiger partial charge is 0.248 e. The molecule has 2 aromatic carbocycles. The summed E-state index contributed by atoms with van der Waals surface area (Å²) in [6.07, 6.45) is 0.914. The van der Waals surface area contributed by atoms with Crippen LogP contribution >= 0.6 is 0 Å². The third-order valence-corrected chi connectivity index (χ3v) is 3.57. The van der Waals surface area contributed by atoms with Crippen LogP contribution in [0.25, 0.3) is 0 Å². The molecule has 0 spiro atoms. The Balaban J connectivity index is 1.67. The second kappa shape index (κ2) is 5.36. The lowest BCUT2D eigenvalue weighted by atomic mass is 10.1. The van der Waals surface area contributed by atoms with Gasteiger partial charge < -0.3 is 21.5 Å². The zero-order valence-corrected chi connectivity index (χ0v) is 11.5. The largest absolute Gasteiger partial charge is 0.488 e. The summed E-state index contributed by atoms with van der Waals surface area (Å²) < 4.78 is 5.85. The monoisotopic (exact) mass is 283 g/mol. The summed E-state index contributed by atoms with van der Waals surface area (Å²) in [5.74, 6) is 0.464. The number of rotatable bonds is 4. The Bertz CT molecular complexity index is 660. The van der Waals surface area contributed by atoms with Crippen molar-refractivity contribution in [3.63, 3.8) is 0 Å². The maximum Gasteiger partial charge on any atom is 0.248 e. The molecular weight excluding hydrogens is 266 g/mol. The van der Waals surface area contributed by atoms with Crippen LogP contribution in [0.1, 0.15) is 15.9 Å². The molecule has 0 fully saturated rings. The Hall–Kier alpha value is -2.69. The summed E-state index contributed by atoms with van der Waals surface area (Å²) in [4.78, 5) is 11.2. The van der Waals surface area contributed by atoms with Gasteiger partial charge in [0.05, 0.1) is 17.9 Å². The number of amides is 1. The standard InChI is InChI=1S/C16H17N3O2/c17-13-6-5-11(16(18)20)8-14(13)19-9-12-7-10-3-1-2-4-15(10)21-12/h1-6,8,12,19H,7,9,17H2,(H2,18,20). The quantitative estimate of drug-likeness (QED) is 0.746. The van der Waals surface area contributed by atoms with Crippen molar-refractivity contribution in [2.24, 2.45) is 5.73 Å². The third-order valence-electron chi connectivity index (χ3n) is 3.57. The average molecular weight is 283 g/mol. The summed E-state index contributed by atoms with van der Waals surface area (Å²) in [5, 5.41) is 3.23. The molecule has 21 heavy (non-hydrogen) atoms. The molecule has 0 saturated heterocycles. The fraction of sp³-hybridized carbons (Fsp3) is 0.188. The van der Waals surface area contributed by atoms with Gasteiger partial charge in [-0.3, -0.25) is 4.79 Å². The number of primary amides is 1. The summed E-state index contributed by atoms with van der Waals surface area (Å²) in [7, 11) is 0. The van der Waals surface area contributed by atoms with Gasteiger partial charge in [-0.1, -0.05) is 18.2 Å². The molecule has 1 aliphatic heterocycles. The maximum absolute atomic E-state index is 11.2. The van der Waals surface area contributed by atoms with Crippen molar-refractivity contribution in [2.45, 2.75) is 12.5 Å². The number of ether oxygens (including phenoxy) is 1. The third kappa shape index (κ3) is 2.76. The molecule has 2 aromatic rings. The lowest BCUT2D eigenvalue weighted by Crippen LogP contribution is -2.24. The Morgan fingerprint density at radius 2 is 2.10 bits per heavy atom. The first-order valence-corrected chi connectivity index (χ1v) is 6.81. The van der Waals surface area contributed by atoms with Crippen molar-refractivity contribution in [2.75, 3.05) is 17.6 Å². The Morgan fingerprint density at radius 3 is 2.86 bits per heavy atom. The molecule has 0 bridgehead atoms. The van der Waals surface area contributed by atoms with Gasteiger partial charge in [-0.05, 0) is 29.8 Å². The van der Waals surface area contributed by atoms with E-state index in [0.29, 0.717) is 23.5 Å². The first-order chi connectivity index (χ1) is 10.1. The molecule has 0 saturated carbocycles. The van der Waals surface area contributed by atoms with Crippen LogP contribution in [0.3, 0.4) is 0 Å². The zero-order chi connectivity index (χ0) is 14.8. The number of carbonyl (C=O) groups is 1. The van der Waals surface area contributed by atoms with E-state index in [-0.39, 0.29) is 6.10 Å². The molecular formula is C16H17N3O2. The van der Waals surface area contributed by atoms with Crippen molar-refractivity contribution in [1.82, 2.24) is 0 Å². The highest BCUT2D eigenvalue weighted by Crippen LogP contribution is 2.28. The van der Waals surface area contributed by atoms with Gasteiger partial charge in [0.2, 0.25) is 5.91 Å². The van der Waals surface area contributed by atoms with Crippen molar-refractivity contribution < 1.29 is 9.53 Å². The van der Waals surface area contributed by atoms with Gasteiger partial charge in [0.1, 0.15) is 11.9 Å². The van der Waals surface area contributed by atoms with E-state index in [4.69, 9.17) is 16.2 Å². The number of anilines is 2. The molecule has 5 N–H and O–H groups in total. The number of nitrogens with one attached hydrogen (secondary N) is 1. The summed E-state index contributed by atoms with van der Waals surface area (Å²) in [5.41, 5.74) is 14.1. The summed E-state index contributed by atoms with van der Waals surface area (Å²) in [6, 6.07) is 13.0. The number of carbonyl (C=O) groups excluding carboxylic acids is 1. The lowest BCUT2D eigenvalue weighted by molar-refractivity contribution is 0.100. The number of nitrogen functional groups attached to an aromatic ring is 1. The van der Waals surface area contributed by atoms with Gasteiger partial charge in [0.25, 0.3) is 0 Å². The minimum atomic E-state index is -0.470. The van der Waals surface area contributed by atoms with Gasteiger partial charge in [-0.2, -0.15) is 0 Å². The molecule has 0 radical (unpaired) electrons. The second-order valence-electron chi connectivity index (χ2n) is 5.10. The molecule has 108 valence electrons.